The summed E-state index contributed by atoms with van der Waals surface area (Å²) < 4.78 is 0. The van der Waals surface area contributed by atoms with Crippen LogP contribution in [0.1, 0.15) is 47.5 Å². The molecule has 2 saturated heterocycles. The highest BCUT2D eigenvalue weighted by Crippen LogP contribution is 2.38. The van der Waals surface area contributed by atoms with Crippen LogP contribution in [0.5, 0.6) is 0 Å². The van der Waals surface area contributed by atoms with E-state index in [-0.39, 0.29) is 11.9 Å². The van der Waals surface area contributed by atoms with Crippen LogP contribution in [0.2, 0.25) is 0 Å². The van der Waals surface area contributed by atoms with E-state index in [1.807, 2.05) is 0 Å². The fourth-order valence-corrected chi connectivity index (χ4v) is 4.91. The molecule has 1 aromatic carbocycles. The van der Waals surface area contributed by atoms with E-state index in [0.29, 0.717) is 23.5 Å². The van der Waals surface area contributed by atoms with Crippen molar-refractivity contribution in [2.45, 2.75) is 43.7 Å². The number of likely N-dealkylation sites (tertiary alicyclic amines) is 2. The summed E-state index contributed by atoms with van der Waals surface area (Å²) in [6, 6.07) is 11.4. The number of likely N-dealkylation sites (N-methyl/N-ethyl adjacent to an activating group) is 1. The summed E-state index contributed by atoms with van der Waals surface area (Å²) in [5.74, 6) is 1.05. The third-order valence-corrected chi connectivity index (χ3v) is 6.27. The van der Waals surface area contributed by atoms with E-state index in [4.69, 9.17) is 0 Å². The van der Waals surface area contributed by atoms with Gasteiger partial charge in [0.25, 0.3) is 5.91 Å². The van der Waals surface area contributed by atoms with Gasteiger partial charge in [-0.1, -0.05) is 36.8 Å². The molecule has 2 aliphatic heterocycles. The number of nitrogens with one attached hydrogen (secondary N) is 1. The highest BCUT2D eigenvalue weighted by atomic mass is 16.2. The third kappa shape index (κ3) is 3.61. The van der Waals surface area contributed by atoms with Gasteiger partial charge in [-0.25, -0.2) is 9.97 Å². The molecule has 0 saturated carbocycles. The average molecular weight is 380 g/mol. The summed E-state index contributed by atoms with van der Waals surface area (Å²) in [7, 11) is 3.99. The summed E-state index contributed by atoms with van der Waals surface area (Å²) in [4.78, 5) is 26.4. The van der Waals surface area contributed by atoms with E-state index in [9.17, 15) is 4.79 Å². The maximum absolute atomic E-state index is 13.3. The molecular formula is C22H29N5O. The van der Waals surface area contributed by atoms with Crippen molar-refractivity contribution in [3.8, 4) is 0 Å². The van der Waals surface area contributed by atoms with Crippen LogP contribution >= 0.6 is 0 Å². The number of hydrogen-bond acceptors (Lipinski definition) is 5. The van der Waals surface area contributed by atoms with Gasteiger partial charge in [-0.15, -0.1) is 0 Å². The van der Waals surface area contributed by atoms with Gasteiger partial charge in [0.05, 0.1) is 5.56 Å². The molecule has 28 heavy (non-hydrogen) atoms. The van der Waals surface area contributed by atoms with Crippen LogP contribution in [-0.2, 0) is 0 Å². The predicted molar refractivity (Wildman–Crippen MR) is 110 cm³/mol. The fraction of sp³-hybridized carbons (Fsp3) is 0.500. The van der Waals surface area contributed by atoms with Crippen molar-refractivity contribution in [1.29, 1.82) is 0 Å². The van der Waals surface area contributed by atoms with E-state index in [0.717, 1.165) is 32.4 Å². The molecule has 1 aromatic heterocycles. The number of fused-ring (bicyclic) bond motifs is 1. The maximum Gasteiger partial charge on any atom is 0.257 e. The Morgan fingerprint density at radius 3 is 2.54 bits per heavy atom. The predicted octanol–water partition coefficient (Wildman–Crippen LogP) is 3.00. The van der Waals surface area contributed by atoms with Gasteiger partial charge in [0, 0.05) is 44.0 Å². The lowest BCUT2D eigenvalue weighted by molar-refractivity contribution is 0.0318. The van der Waals surface area contributed by atoms with Gasteiger partial charge in [0.15, 0.2) is 0 Å². The Kier molecular flexibility index (Phi) is 5.57. The van der Waals surface area contributed by atoms with Crippen molar-refractivity contribution < 1.29 is 4.79 Å². The molecule has 6 nitrogen and oxygen atoms in total. The van der Waals surface area contributed by atoms with Crippen LogP contribution in [0.4, 0.5) is 5.95 Å². The number of benzene rings is 1. The molecule has 2 aromatic rings. The number of piperidine rings is 1. The Labute approximate surface area is 167 Å². The maximum atomic E-state index is 13.3. The molecule has 4 rings (SSSR count). The van der Waals surface area contributed by atoms with E-state index in [1.54, 1.807) is 19.4 Å². The Balaban J connectivity index is 1.63. The molecule has 0 radical (unpaired) electrons. The lowest BCUT2D eigenvalue weighted by Gasteiger charge is -2.48. The monoisotopic (exact) mass is 379 g/mol. The second kappa shape index (κ2) is 8.27. The summed E-state index contributed by atoms with van der Waals surface area (Å²) in [5.41, 5.74) is 1.96. The van der Waals surface area contributed by atoms with Crippen LogP contribution in [-0.4, -0.2) is 64.9 Å². The Bertz CT molecular complexity index is 794. The number of hydrogen-bond donors (Lipinski definition) is 1. The number of carbonyl (C=O) groups excluding carboxylic acids is 1. The lowest BCUT2D eigenvalue weighted by Crippen LogP contribution is -2.58. The molecule has 3 heterocycles. The molecule has 3 atom stereocenters. The number of anilines is 1. The Morgan fingerprint density at radius 2 is 1.82 bits per heavy atom. The van der Waals surface area contributed by atoms with Crippen molar-refractivity contribution >= 4 is 11.9 Å². The first-order chi connectivity index (χ1) is 13.7. The van der Waals surface area contributed by atoms with E-state index >= 15 is 0 Å². The van der Waals surface area contributed by atoms with Crippen molar-refractivity contribution in [3.05, 3.63) is 53.9 Å². The summed E-state index contributed by atoms with van der Waals surface area (Å²) >= 11 is 0. The first-order valence-corrected chi connectivity index (χ1v) is 10.2. The molecule has 0 bridgehead atoms. The Morgan fingerprint density at radius 1 is 1.07 bits per heavy atom. The zero-order valence-corrected chi connectivity index (χ0v) is 16.7. The zero-order chi connectivity index (χ0) is 19.5. The van der Waals surface area contributed by atoms with Gasteiger partial charge in [-0.3, -0.25) is 4.79 Å². The largest absolute Gasteiger partial charge is 0.357 e. The highest BCUT2D eigenvalue weighted by molar-refractivity contribution is 5.94. The van der Waals surface area contributed by atoms with Gasteiger partial charge in [0.1, 0.15) is 0 Å². The van der Waals surface area contributed by atoms with Crippen LogP contribution in [0.15, 0.2) is 42.7 Å². The molecule has 0 spiro atoms. The van der Waals surface area contributed by atoms with Gasteiger partial charge in [-0.2, -0.15) is 0 Å². The first-order valence-electron chi connectivity index (χ1n) is 10.2. The van der Waals surface area contributed by atoms with Crippen molar-refractivity contribution in [2.75, 3.05) is 32.5 Å². The molecule has 6 heteroatoms. The zero-order valence-electron chi connectivity index (χ0n) is 16.7. The Hall–Kier alpha value is -2.47. The highest BCUT2D eigenvalue weighted by Gasteiger charge is 2.43. The molecule has 2 fully saturated rings. The third-order valence-electron chi connectivity index (χ3n) is 6.27. The van der Waals surface area contributed by atoms with E-state index in [1.165, 1.54) is 12.0 Å². The lowest BCUT2D eigenvalue weighted by atomic mass is 9.79. The van der Waals surface area contributed by atoms with Crippen LogP contribution < -0.4 is 5.32 Å². The molecule has 0 aliphatic carbocycles. The molecule has 1 N–H and O–H groups in total. The molecule has 1 amide bonds. The second-order valence-electron chi connectivity index (χ2n) is 7.88. The number of nitrogens with zero attached hydrogens (tertiary/aromatic N) is 4. The standard InChI is InChI=1S/C22H29N5O/c1-23-22-24-14-17(15-25-22)21(28)27-13-11-18(16-8-4-3-5-9-16)20-19(27)10-6-7-12-26(20)2/h3-5,8-9,14-15,18-20H,6-7,10-13H2,1-2H3,(H,23,24,25)/t18-,19-,20-/m1/s1. The van der Waals surface area contributed by atoms with Gasteiger partial charge in [-0.05, 0) is 38.4 Å². The second-order valence-corrected chi connectivity index (χ2v) is 7.88. The average Bonchev–Trinajstić information content (AvgIpc) is 2.95. The van der Waals surface area contributed by atoms with E-state index < -0.39 is 0 Å². The number of rotatable bonds is 3. The van der Waals surface area contributed by atoms with Crippen molar-refractivity contribution in [2.24, 2.45) is 0 Å². The topological polar surface area (TPSA) is 61.4 Å². The minimum absolute atomic E-state index is 0.0551. The SMILES string of the molecule is CNc1ncc(C(=O)N2CC[C@H](c3ccccc3)[C@@H]3[C@H]2CCCCN3C)cn1. The summed E-state index contributed by atoms with van der Waals surface area (Å²) in [6.07, 6.45) is 7.66. The van der Waals surface area contributed by atoms with Gasteiger partial charge >= 0.3 is 0 Å². The first kappa shape index (κ1) is 18.9. The van der Waals surface area contributed by atoms with E-state index in [2.05, 4.69) is 62.5 Å². The summed E-state index contributed by atoms with van der Waals surface area (Å²) in [6.45, 7) is 1.87. The van der Waals surface area contributed by atoms with Crippen molar-refractivity contribution in [1.82, 2.24) is 19.8 Å². The number of aromatic nitrogens is 2. The van der Waals surface area contributed by atoms with Gasteiger partial charge < -0.3 is 15.1 Å². The minimum Gasteiger partial charge on any atom is -0.357 e. The molecular weight excluding hydrogens is 350 g/mol. The minimum atomic E-state index is 0.0551. The smallest absolute Gasteiger partial charge is 0.257 e. The van der Waals surface area contributed by atoms with Crippen LogP contribution in [0.3, 0.4) is 0 Å². The molecule has 2 aliphatic rings. The number of amides is 1. The van der Waals surface area contributed by atoms with Crippen LogP contribution in [0.25, 0.3) is 0 Å². The van der Waals surface area contributed by atoms with Crippen LogP contribution in [0, 0.1) is 0 Å². The fourth-order valence-electron chi connectivity index (χ4n) is 4.91. The summed E-state index contributed by atoms with van der Waals surface area (Å²) in [5, 5.41) is 2.90. The normalized spacial score (nSPS) is 25.6. The number of carbonyl (C=O) groups is 1. The van der Waals surface area contributed by atoms with Gasteiger partial charge in [0.2, 0.25) is 5.95 Å². The van der Waals surface area contributed by atoms with Crippen molar-refractivity contribution in [3.63, 3.8) is 0 Å². The quantitative estimate of drug-likeness (QED) is 0.888. The molecule has 148 valence electrons. The molecule has 0 unspecified atom stereocenters.